The van der Waals surface area contributed by atoms with Gasteiger partial charge in [-0.15, -0.1) is 0 Å². The normalized spacial score (nSPS) is 19.1. The van der Waals surface area contributed by atoms with E-state index in [4.69, 9.17) is 5.73 Å². The van der Waals surface area contributed by atoms with E-state index < -0.39 is 0 Å². The van der Waals surface area contributed by atoms with Crippen LogP contribution in [0.3, 0.4) is 0 Å². The van der Waals surface area contributed by atoms with Crippen LogP contribution < -0.4 is 16.0 Å². The Labute approximate surface area is 113 Å². The Morgan fingerprint density at radius 1 is 1.58 bits per heavy atom. The van der Waals surface area contributed by atoms with E-state index in [0.29, 0.717) is 6.54 Å². The first-order chi connectivity index (χ1) is 9.04. The zero-order valence-corrected chi connectivity index (χ0v) is 11.9. The van der Waals surface area contributed by atoms with E-state index in [1.165, 1.54) is 5.56 Å². The van der Waals surface area contributed by atoms with Crippen molar-refractivity contribution in [3.05, 3.63) is 11.3 Å². The van der Waals surface area contributed by atoms with Crippen LogP contribution in [-0.4, -0.2) is 35.3 Å². The Balaban J connectivity index is 2.22. The van der Waals surface area contributed by atoms with Crippen molar-refractivity contribution in [3.63, 3.8) is 0 Å². The van der Waals surface area contributed by atoms with E-state index in [1.807, 2.05) is 18.7 Å². The summed E-state index contributed by atoms with van der Waals surface area (Å²) in [5.74, 6) is 0.874. The first kappa shape index (κ1) is 13.9. The van der Waals surface area contributed by atoms with Crippen molar-refractivity contribution in [1.82, 2.24) is 15.1 Å². The number of rotatable bonds is 5. The van der Waals surface area contributed by atoms with Crippen LogP contribution in [0.5, 0.6) is 0 Å². The minimum absolute atomic E-state index is 0.0396. The van der Waals surface area contributed by atoms with E-state index in [0.717, 1.165) is 37.6 Å². The molecule has 19 heavy (non-hydrogen) atoms. The predicted octanol–water partition coefficient (Wildman–Crippen LogP) is 0.150. The monoisotopic (exact) mass is 265 g/mol. The molecule has 0 bridgehead atoms. The van der Waals surface area contributed by atoms with E-state index in [1.54, 1.807) is 0 Å². The second-order valence-electron chi connectivity index (χ2n) is 5.13. The van der Waals surface area contributed by atoms with Crippen molar-refractivity contribution in [2.75, 3.05) is 24.5 Å². The highest BCUT2D eigenvalue weighted by molar-refractivity contribution is 5.78. The summed E-state index contributed by atoms with van der Waals surface area (Å²) in [6, 6.07) is 0. The topological polar surface area (TPSA) is 76.2 Å². The molecule has 0 radical (unpaired) electrons. The van der Waals surface area contributed by atoms with Crippen molar-refractivity contribution in [3.8, 4) is 0 Å². The molecule has 0 spiro atoms. The van der Waals surface area contributed by atoms with Gasteiger partial charge in [-0.25, -0.2) is 0 Å². The quantitative estimate of drug-likeness (QED) is 0.794. The highest BCUT2D eigenvalue weighted by atomic mass is 16.1. The standard InChI is InChI=1S/C13H23N5O/c1-4-15-7-11-9(2)16-17(3)13(11)18-6-5-10(8-18)12(14)19/h10,15H,4-8H2,1-3H3,(H2,14,19). The lowest BCUT2D eigenvalue weighted by Crippen LogP contribution is -2.29. The Kier molecular flexibility index (Phi) is 4.09. The lowest BCUT2D eigenvalue weighted by atomic mass is 10.1. The van der Waals surface area contributed by atoms with Crippen molar-refractivity contribution >= 4 is 11.7 Å². The molecular weight excluding hydrogens is 242 g/mol. The molecule has 6 heteroatoms. The van der Waals surface area contributed by atoms with Crippen LogP contribution in [0, 0.1) is 12.8 Å². The molecule has 1 aromatic rings. The SMILES string of the molecule is CCNCc1c(C)nn(C)c1N1CCC(C(N)=O)C1. The maximum absolute atomic E-state index is 11.3. The number of nitrogens with one attached hydrogen (secondary N) is 1. The Morgan fingerprint density at radius 2 is 2.32 bits per heavy atom. The fourth-order valence-corrected chi connectivity index (χ4v) is 2.73. The average molecular weight is 265 g/mol. The van der Waals surface area contributed by atoms with Crippen LogP contribution in [0.15, 0.2) is 0 Å². The first-order valence-corrected chi connectivity index (χ1v) is 6.82. The van der Waals surface area contributed by atoms with Gasteiger partial charge in [-0.3, -0.25) is 9.48 Å². The molecule has 0 aliphatic carbocycles. The van der Waals surface area contributed by atoms with Crippen LogP contribution in [-0.2, 0) is 18.4 Å². The molecule has 1 saturated heterocycles. The van der Waals surface area contributed by atoms with Crippen molar-refractivity contribution in [2.24, 2.45) is 18.7 Å². The van der Waals surface area contributed by atoms with Crippen LogP contribution in [0.4, 0.5) is 5.82 Å². The number of nitrogens with two attached hydrogens (primary N) is 1. The summed E-state index contributed by atoms with van der Waals surface area (Å²) >= 11 is 0. The number of hydrogen-bond acceptors (Lipinski definition) is 4. The lowest BCUT2D eigenvalue weighted by molar-refractivity contribution is -0.121. The number of carbonyl (C=O) groups is 1. The maximum Gasteiger partial charge on any atom is 0.222 e. The third-order valence-electron chi connectivity index (χ3n) is 3.76. The molecule has 1 atom stereocenters. The molecule has 2 heterocycles. The summed E-state index contributed by atoms with van der Waals surface area (Å²) in [7, 11) is 1.95. The minimum atomic E-state index is -0.199. The third kappa shape index (κ3) is 2.73. The molecule has 0 aromatic carbocycles. The minimum Gasteiger partial charge on any atom is -0.369 e. The number of amides is 1. The van der Waals surface area contributed by atoms with Crippen molar-refractivity contribution in [1.29, 1.82) is 0 Å². The van der Waals surface area contributed by atoms with Gasteiger partial charge in [-0.05, 0) is 19.9 Å². The molecule has 1 amide bonds. The largest absolute Gasteiger partial charge is 0.369 e. The summed E-state index contributed by atoms with van der Waals surface area (Å²) in [4.78, 5) is 13.5. The molecule has 1 aliphatic rings. The van der Waals surface area contributed by atoms with Gasteiger partial charge in [-0.1, -0.05) is 6.92 Å². The van der Waals surface area contributed by atoms with Gasteiger partial charge in [0.05, 0.1) is 11.6 Å². The Morgan fingerprint density at radius 3 is 2.89 bits per heavy atom. The van der Waals surface area contributed by atoms with Crippen LogP contribution in [0.25, 0.3) is 0 Å². The number of primary amides is 1. The average Bonchev–Trinajstić information content (AvgIpc) is 2.91. The van der Waals surface area contributed by atoms with E-state index in [9.17, 15) is 4.79 Å². The molecule has 6 nitrogen and oxygen atoms in total. The second-order valence-corrected chi connectivity index (χ2v) is 5.13. The smallest absolute Gasteiger partial charge is 0.222 e. The van der Waals surface area contributed by atoms with Gasteiger partial charge in [0, 0.05) is 32.2 Å². The van der Waals surface area contributed by atoms with Crippen molar-refractivity contribution < 1.29 is 4.79 Å². The van der Waals surface area contributed by atoms with Crippen LogP contribution in [0.2, 0.25) is 0 Å². The fraction of sp³-hybridized carbons (Fsp3) is 0.692. The lowest BCUT2D eigenvalue weighted by Gasteiger charge is -2.20. The van der Waals surface area contributed by atoms with E-state index >= 15 is 0 Å². The summed E-state index contributed by atoms with van der Waals surface area (Å²) < 4.78 is 1.91. The van der Waals surface area contributed by atoms with E-state index in [2.05, 4.69) is 22.2 Å². The van der Waals surface area contributed by atoms with Gasteiger partial charge in [0.2, 0.25) is 5.91 Å². The van der Waals surface area contributed by atoms with Crippen molar-refractivity contribution in [2.45, 2.75) is 26.8 Å². The number of aromatic nitrogens is 2. The molecule has 1 unspecified atom stereocenters. The number of aryl methyl sites for hydroxylation is 2. The summed E-state index contributed by atoms with van der Waals surface area (Å²) in [6.07, 6.45) is 0.834. The zero-order valence-electron chi connectivity index (χ0n) is 11.9. The van der Waals surface area contributed by atoms with Gasteiger partial charge >= 0.3 is 0 Å². The Hall–Kier alpha value is -1.56. The summed E-state index contributed by atoms with van der Waals surface area (Å²) in [6.45, 7) is 7.42. The van der Waals surface area contributed by atoms with Gasteiger partial charge in [0.1, 0.15) is 5.82 Å². The number of nitrogens with zero attached hydrogens (tertiary/aromatic N) is 3. The fourth-order valence-electron chi connectivity index (χ4n) is 2.73. The van der Waals surface area contributed by atoms with Gasteiger partial charge < -0.3 is 16.0 Å². The number of carbonyl (C=O) groups excluding carboxylic acids is 1. The molecule has 1 fully saturated rings. The molecule has 0 saturated carbocycles. The molecule has 2 rings (SSSR count). The number of hydrogen-bond donors (Lipinski definition) is 2. The Bertz CT molecular complexity index is 468. The van der Waals surface area contributed by atoms with Gasteiger partial charge in [-0.2, -0.15) is 5.10 Å². The van der Waals surface area contributed by atoms with Crippen LogP contribution >= 0.6 is 0 Å². The summed E-state index contributed by atoms with van der Waals surface area (Å²) in [5, 5.41) is 7.84. The maximum atomic E-state index is 11.3. The molecule has 1 aromatic heterocycles. The zero-order chi connectivity index (χ0) is 14.0. The summed E-state index contributed by atoms with van der Waals surface area (Å²) in [5.41, 5.74) is 7.66. The molecular formula is C13H23N5O. The third-order valence-corrected chi connectivity index (χ3v) is 3.76. The predicted molar refractivity (Wildman–Crippen MR) is 74.8 cm³/mol. The highest BCUT2D eigenvalue weighted by Gasteiger charge is 2.30. The molecule has 3 N–H and O–H groups in total. The molecule has 106 valence electrons. The second kappa shape index (κ2) is 5.61. The van der Waals surface area contributed by atoms with Gasteiger partial charge in [0.25, 0.3) is 0 Å². The van der Waals surface area contributed by atoms with Crippen LogP contribution in [0.1, 0.15) is 24.6 Å². The first-order valence-electron chi connectivity index (χ1n) is 6.82. The number of anilines is 1. The van der Waals surface area contributed by atoms with E-state index in [-0.39, 0.29) is 11.8 Å². The van der Waals surface area contributed by atoms with Gasteiger partial charge in [0.15, 0.2) is 0 Å². The molecule has 1 aliphatic heterocycles. The highest BCUT2D eigenvalue weighted by Crippen LogP contribution is 2.28.